The second-order valence-electron chi connectivity index (χ2n) is 6.60. The SMILES string of the molecule is Cc1ccc(-c2nnc(NC(=O)C(C)N(c3cc(Cl)ccc3Cl)S(C)(=O)=O)s2)cc1. The third-order valence-corrected chi connectivity index (χ3v) is 6.86. The van der Waals surface area contributed by atoms with Gasteiger partial charge in [0.2, 0.25) is 21.1 Å². The van der Waals surface area contributed by atoms with Gasteiger partial charge in [0.15, 0.2) is 0 Å². The van der Waals surface area contributed by atoms with Gasteiger partial charge in [-0.3, -0.25) is 14.4 Å². The van der Waals surface area contributed by atoms with Crippen LogP contribution in [0.15, 0.2) is 42.5 Å². The van der Waals surface area contributed by atoms with E-state index < -0.39 is 22.0 Å². The minimum Gasteiger partial charge on any atom is -0.299 e. The van der Waals surface area contributed by atoms with E-state index in [1.54, 1.807) is 0 Å². The topological polar surface area (TPSA) is 92.3 Å². The highest BCUT2D eigenvalue weighted by atomic mass is 35.5. The molecule has 1 N–H and O–H groups in total. The Labute approximate surface area is 188 Å². The summed E-state index contributed by atoms with van der Waals surface area (Å²) in [4.78, 5) is 12.8. The highest BCUT2D eigenvalue weighted by Gasteiger charge is 2.31. The quantitative estimate of drug-likeness (QED) is 0.551. The second-order valence-corrected chi connectivity index (χ2v) is 10.3. The summed E-state index contributed by atoms with van der Waals surface area (Å²) in [5, 5.41) is 12.0. The molecule has 158 valence electrons. The van der Waals surface area contributed by atoms with E-state index in [0.717, 1.165) is 21.7 Å². The van der Waals surface area contributed by atoms with Gasteiger partial charge in [0.25, 0.3) is 0 Å². The zero-order valence-corrected chi connectivity index (χ0v) is 19.4. The van der Waals surface area contributed by atoms with E-state index in [1.807, 2.05) is 31.2 Å². The number of halogens is 2. The fourth-order valence-electron chi connectivity index (χ4n) is 2.73. The smallest absolute Gasteiger partial charge is 0.249 e. The molecule has 7 nitrogen and oxygen atoms in total. The van der Waals surface area contributed by atoms with E-state index >= 15 is 0 Å². The average molecular weight is 485 g/mol. The van der Waals surface area contributed by atoms with Crippen molar-refractivity contribution in [1.82, 2.24) is 10.2 Å². The maximum atomic E-state index is 12.8. The number of hydrogen-bond donors (Lipinski definition) is 1. The van der Waals surface area contributed by atoms with Gasteiger partial charge in [-0.25, -0.2) is 8.42 Å². The van der Waals surface area contributed by atoms with Gasteiger partial charge in [-0.05, 0) is 32.0 Å². The number of carbonyl (C=O) groups excluding carboxylic acids is 1. The Balaban J connectivity index is 1.84. The lowest BCUT2D eigenvalue weighted by atomic mass is 10.2. The summed E-state index contributed by atoms with van der Waals surface area (Å²) in [5.41, 5.74) is 2.10. The van der Waals surface area contributed by atoms with Crippen molar-refractivity contribution < 1.29 is 13.2 Å². The third kappa shape index (κ3) is 5.10. The molecule has 0 aliphatic rings. The Morgan fingerprint density at radius 1 is 1.13 bits per heavy atom. The predicted octanol–water partition coefficient (Wildman–Crippen LogP) is 4.61. The van der Waals surface area contributed by atoms with Crippen LogP contribution in [0, 0.1) is 6.92 Å². The second kappa shape index (κ2) is 8.89. The Morgan fingerprint density at radius 3 is 2.43 bits per heavy atom. The van der Waals surface area contributed by atoms with Crippen molar-refractivity contribution in [3.63, 3.8) is 0 Å². The molecule has 1 aromatic heterocycles. The Hall–Kier alpha value is -2.20. The van der Waals surface area contributed by atoms with E-state index in [-0.39, 0.29) is 15.8 Å². The van der Waals surface area contributed by atoms with Gasteiger partial charge in [0, 0.05) is 10.6 Å². The van der Waals surface area contributed by atoms with Gasteiger partial charge in [-0.15, -0.1) is 10.2 Å². The molecule has 1 heterocycles. The van der Waals surface area contributed by atoms with Crippen LogP contribution in [0.5, 0.6) is 0 Å². The van der Waals surface area contributed by atoms with Crippen molar-refractivity contribution in [1.29, 1.82) is 0 Å². The molecule has 30 heavy (non-hydrogen) atoms. The van der Waals surface area contributed by atoms with Crippen molar-refractivity contribution in [3.05, 3.63) is 58.1 Å². The molecule has 1 amide bonds. The zero-order chi connectivity index (χ0) is 22.1. The molecule has 1 atom stereocenters. The summed E-state index contributed by atoms with van der Waals surface area (Å²) in [6.45, 7) is 3.44. The average Bonchev–Trinajstić information content (AvgIpc) is 3.12. The first-order valence-corrected chi connectivity index (χ1v) is 12.1. The molecule has 0 aliphatic carbocycles. The summed E-state index contributed by atoms with van der Waals surface area (Å²) in [7, 11) is -3.84. The molecule has 0 radical (unpaired) electrons. The van der Waals surface area contributed by atoms with Crippen LogP contribution in [0.4, 0.5) is 10.8 Å². The van der Waals surface area contributed by atoms with E-state index in [4.69, 9.17) is 23.2 Å². The number of anilines is 2. The highest BCUT2D eigenvalue weighted by molar-refractivity contribution is 7.92. The lowest BCUT2D eigenvalue weighted by molar-refractivity contribution is -0.116. The molecule has 1 unspecified atom stereocenters. The molecule has 2 aromatic carbocycles. The highest BCUT2D eigenvalue weighted by Crippen LogP contribution is 2.33. The molecule has 0 aliphatic heterocycles. The monoisotopic (exact) mass is 484 g/mol. The molecule has 0 spiro atoms. The third-order valence-electron chi connectivity index (χ3n) is 4.19. The fourth-order valence-corrected chi connectivity index (χ4v) is 5.09. The molecule has 0 bridgehead atoms. The number of amides is 1. The number of aryl methyl sites for hydroxylation is 1. The van der Waals surface area contributed by atoms with Crippen LogP contribution in [0.2, 0.25) is 10.0 Å². The van der Waals surface area contributed by atoms with E-state index in [1.165, 1.54) is 36.5 Å². The maximum absolute atomic E-state index is 12.8. The van der Waals surface area contributed by atoms with Gasteiger partial charge in [-0.2, -0.15) is 0 Å². The van der Waals surface area contributed by atoms with Crippen molar-refractivity contribution in [2.45, 2.75) is 19.9 Å². The summed E-state index contributed by atoms with van der Waals surface area (Å²) in [6.07, 6.45) is 0.995. The molecule has 11 heteroatoms. The number of nitrogens with one attached hydrogen (secondary N) is 1. The van der Waals surface area contributed by atoms with E-state index in [2.05, 4.69) is 15.5 Å². The number of hydrogen-bond acceptors (Lipinski definition) is 6. The number of aromatic nitrogens is 2. The summed E-state index contributed by atoms with van der Waals surface area (Å²) < 4.78 is 25.8. The lowest BCUT2D eigenvalue weighted by Gasteiger charge is -2.28. The minimum atomic E-state index is -3.84. The molecular formula is C19H18Cl2N4O3S2. The summed E-state index contributed by atoms with van der Waals surface area (Å²) >= 11 is 13.4. The van der Waals surface area contributed by atoms with Crippen LogP contribution in [0.3, 0.4) is 0 Å². The van der Waals surface area contributed by atoms with Crippen molar-refractivity contribution in [2.75, 3.05) is 15.9 Å². The minimum absolute atomic E-state index is 0.118. The predicted molar refractivity (Wildman–Crippen MR) is 122 cm³/mol. The molecule has 3 rings (SSSR count). The molecule has 0 saturated heterocycles. The Bertz CT molecular complexity index is 1180. The fraction of sp³-hybridized carbons (Fsp3) is 0.211. The molecular weight excluding hydrogens is 467 g/mol. The number of rotatable bonds is 6. The standard InChI is InChI=1S/C19H18Cl2N4O3S2/c1-11-4-6-13(7-5-11)18-23-24-19(29-18)22-17(26)12(2)25(30(3,27)28)16-10-14(20)8-9-15(16)21/h4-10,12H,1-3H3,(H,22,24,26). The van der Waals surface area contributed by atoms with Crippen LogP contribution in [-0.2, 0) is 14.8 Å². The molecule has 3 aromatic rings. The van der Waals surface area contributed by atoms with Crippen LogP contribution < -0.4 is 9.62 Å². The van der Waals surface area contributed by atoms with Crippen molar-refractivity contribution in [2.24, 2.45) is 0 Å². The van der Waals surface area contributed by atoms with Crippen molar-refractivity contribution >= 4 is 61.3 Å². The first-order chi connectivity index (χ1) is 14.1. The van der Waals surface area contributed by atoms with Crippen LogP contribution in [0.25, 0.3) is 10.6 Å². The van der Waals surface area contributed by atoms with E-state index in [0.29, 0.717) is 10.0 Å². The van der Waals surface area contributed by atoms with E-state index in [9.17, 15) is 13.2 Å². The molecule has 0 saturated carbocycles. The van der Waals surface area contributed by atoms with Gasteiger partial charge in [-0.1, -0.05) is 64.4 Å². The Morgan fingerprint density at radius 2 is 1.80 bits per heavy atom. The number of sulfonamides is 1. The van der Waals surface area contributed by atoms with Gasteiger partial charge in [0.05, 0.1) is 17.0 Å². The van der Waals surface area contributed by atoms with Crippen LogP contribution in [-0.4, -0.2) is 36.8 Å². The van der Waals surface area contributed by atoms with Crippen LogP contribution >= 0.6 is 34.5 Å². The van der Waals surface area contributed by atoms with Crippen LogP contribution in [0.1, 0.15) is 12.5 Å². The van der Waals surface area contributed by atoms with Gasteiger partial charge >= 0.3 is 0 Å². The summed E-state index contributed by atoms with van der Waals surface area (Å²) in [6, 6.07) is 11.0. The first-order valence-electron chi connectivity index (χ1n) is 8.72. The van der Waals surface area contributed by atoms with Gasteiger partial charge in [0.1, 0.15) is 11.0 Å². The maximum Gasteiger partial charge on any atom is 0.249 e. The Kier molecular flexibility index (Phi) is 6.66. The van der Waals surface area contributed by atoms with Crippen molar-refractivity contribution in [3.8, 4) is 10.6 Å². The number of carbonyl (C=O) groups is 1. The number of nitrogens with zero attached hydrogens (tertiary/aromatic N) is 3. The molecule has 0 fully saturated rings. The van der Waals surface area contributed by atoms with Gasteiger partial charge < -0.3 is 0 Å². The largest absolute Gasteiger partial charge is 0.299 e. The normalized spacial score (nSPS) is 12.4. The first kappa shape index (κ1) is 22.5. The lowest BCUT2D eigenvalue weighted by Crippen LogP contribution is -2.45. The summed E-state index contributed by atoms with van der Waals surface area (Å²) in [5.74, 6) is -0.580. The number of benzene rings is 2. The zero-order valence-electron chi connectivity index (χ0n) is 16.3.